The van der Waals surface area contributed by atoms with Gasteiger partial charge in [-0.25, -0.2) is 0 Å². The van der Waals surface area contributed by atoms with Crippen LogP contribution < -0.4 is 5.32 Å². The molecule has 1 aromatic carbocycles. The minimum Gasteiger partial charge on any atom is -0.306 e. The number of thiophene rings is 1. The summed E-state index contributed by atoms with van der Waals surface area (Å²) in [4.78, 5) is 0. The maximum Gasteiger partial charge on any atom is 0.0656 e. The fourth-order valence-corrected chi connectivity index (χ4v) is 3.94. The Balaban J connectivity index is 2.47. The highest BCUT2D eigenvalue weighted by molar-refractivity contribution is 14.1. The fourth-order valence-electron chi connectivity index (χ4n) is 2.54. The molecule has 0 spiro atoms. The molecule has 2 rings (SSSR count). The normalized spacial score (nSPS) is 12.6. The summed E-state index contributed by atoms with van der Waals surface area (Å²) in [6.45, 7) is 7.63. The quantitative estimate of drug-likeness (QED) is 0.661. The molecule has 1 heterocycles. The molecule has 0 bridgehead atoms. The van der Waals surface area contributed by atoms with Crippen LogP contribution in [0.4, 0.5) is 0 Å². The topological polar surface area (TPSA) is 12.0 Å². The predicted octanol–water partition coefficient (Wildman–Crippen LogP) is 5.18. The van der Waals surface area contributed by atoms with E-state index >= 15 is 0 Å². The Hall–Kier alpha value is -0.390. The number of hydrogen-bond acceptors (Lipinski definition) is 2. The van der Waals surface area contributed by atoms with E-state index in [0.29, 0.717) is 6.04 Å². The first-order valence-electron chi connectivity index (χ1n) is 7.28. The third-order valence-corrected chi connectivity index (χ3v) is 5.45. The SMILES string of the molecule is CCNC(c1csc(I)c1)c1cc(CC)ccc1CC. The number of aryl methyl sites for hydroxylation is 2. The Kier molecular flexibility index (Phi) is 6.05. The summed E-state index contributed by atoms with van der Waals surface area (Å²) in [6, 6.07) is 9.58. The zero-order valence-electron chi connectivity index (χ0n) is 12.4. The smallest absolute Gasteiger partial charge is 0.0656 e. The van der Waals surface area contributed by atoms with Gasteiger partial charge in [0.2, 0.25) is 0 Å². The second-order valence-corrected chi connectivity index (χ2v) is 7.72. The second kappa shape index (κ2) is 7.57. The van der Waals surface area contributed by atoms with E-state index in [9.17, 15) is 0 Å². The molecule has 20 heavy (non-hydrogen) atoms. The lowest BCUT2D eigenvalue weighted by atomic mass is 9.92. The summed E-state index contributed by atoms with van der Waals surface area (Å²) < 4.78 is 1.35. The Morgan fingerprint density at radius 1 is 1.15 bits per heavy atom. The molecule has 1 N–H and O–H groups in total. The van der Waals surface area contributed by atoms with Crippen LogP contribution in [-0.4, -0.2) is 6.54 Å². The molecule has 1 aromatic heterocycles. The number of rotatable bonds is 6. The third kappa shape index (κ3) is 3.62. The average Bonchev–Trinajstić information content (AvgIpc) is 2.90. The summed E-state index contributed by atoms with van der Waals surface area (Å²) in [7, 11) is 0. The highest BCUT2D eigenvalue weighted by Crippen LogP contribution is 2.30. The van der Waals surface area contributed by atoms with Crippen LogP contribution in [0.3, 0.4) is 0 Å². The van der Waals surface area contributed by atoms with Crippen LogP contribution in [0.2, 0.25) is 0 Å². The van der Waals surface area contributed by atoms with Crippen LogP contribution in [0, 0.1) is 2.88 Å². The molecule has 1 nitrogen and oxygen atoms in total. The standard InChI is InChI=1S/C17H22INS/c1-4-12-7-8-13(5-2)15(9-12)17(19-6-3)14-10-16(18)20-11-14/h7-11,17,19H,4-6H2,1-3H3. The summed E-state index contributed by atoms with van der Waals surface area (Å²) in [5.41, 5.74) is 5.71. The first-order chi connectivity index (χ1) is 9.69. The first kappa shape index (κ1) is 16.0. The van der Waals surface area contributed by atoms with E-state index in [1.54, 1.807) is 0 Å². The fraction of sp³-hybridized carbons (Fsp3) is 0.412. The van der Waals surface area contributed by atoms with Crippen molar-refractivity contribution in [2.75, 3.05) is 6.54 Å². The van der Waals surface area contributed by atoms with Gasteiger partial charge in [0.1, 0.15) is 0 Å². The van der Waals surface area contributed by atoms with Gasteiger partial charge in [-0.1, -0.05) is 39.0 Å². The number of hydrogen-bond donors (Lipinski definition) is 1. The van der Waals surface area contributed by atoms with E-state index in [0.717, 1.165) is 19.4 Å². The van der Waals surface area contributed by atoms with E-state index < -0.39 is 0 Å². The molecule has 1 atom stereocenters. The number of nitrogens with one attached hydrogen (secondary N) is 1. The van der Waals surface area contributed by atoms with Gasteiger partial charge < -0.3 is 5.32 Å². The molecule has 108 valence electrons. The molecule has 0 aliphatic rings. The van der Waals surface area contributed by atoms with Gasteiger partial charge >= 0.3 is 0 Å². The van der Waals surface area contributed by atoms with Crippen LogP contribution in [0.5, 0.6) is 0 Å². The maximum atomic E-state index is 3.66. The van der Waals surface area contributed by atoms with Gasteiger partial charge in [0.05, 0.1) is 8.93 Å². The van der Waals surface area contributed by atoms with Crippen LogP contribution >= 0.6 is 33.9 Å². The van der Waals surface area contributed by atoms with E-state index in [2.05, 4.69) is 78.3 Å². The van der Waals surface area contributed by atoms with E-state index in [1.807, 2.05) is 11.3 Å². The molecule has 0 radical (unpaired) electrons. The first-order valence-corrected chi connectivity index (χ1v) is 9.24. The van der Waals surface area contributed by atoms with Crippen molar-refractivity contribution in [2.24, 2.45) is 0 Å². The Labute approximate surface area is 139 Å². The van der Waals surface area contributed by atoms with E-state index in [1.165, 1.54) is 25.1 Å². The Bertz CT molecular complexity index is 562. The van der Waals surface area contributed by atoms with Crippen molar-refractivity contribution < 1.29 is 0 Å². The van der Waals surface area contributed by atoms with Gasteiger partial charge in [0, 0.05) is 0 Å². The summed E-state index contributed by atoms with van der Waals surface area (Å²) in [5.74, 6) is 0. The molecule has 0 amide bonds. The molecule has 0 saturated heterocycles. The minimum atomic E-state index is 0.321. The van der Waals surface area contributed by atoms with E-state index in [4.69, 9.17) is 0 Å². The molecule has 0 aliphatic carbocycles. The lowest BCUT2D eigenvalue weighted by molar-refractivity contribution is 0.626. The summed E-state index contributed by atoms with van der Waals surface area (Å²) in [5, 5.41) is 5.94. The van der Waals surface area contributed by atoms with Crippen molar-refractivity contribution in [3.8, 4) is 0 Å². The van der Waals surface area contributed by atoms with Crippen LogP contribution in [0.1, 0.15) is 49.1 Å². The number of benzene rings is 1. The van der Waals surface area contributed by atoms with Crippen molar-refractivity contribution in [3.63, 3.8) is 0 Å². The van der Waals surface area contributed by atoms with Crippen molar-refractivity contribution >= 4 is 33.9 Å². The lowest BCUT2D eigenvalue weighted by Gasteiger charge is -2.21. The Morgan fingerprint density at radius 3 is 2.50 bits per heavy atom. The molecule has 2 aromatic rings. The second-order valence-electron chi connectivity index (χ2n) is 4.92. The van der Waals surface area contributed by atoms with Crippen molar-refractivity contribution in [1.82, 2.24) is 5.32 Å². The van der Waals surface area contributed by atoms with Crippen LogP contribution in [0.25, 0.3) is 0 Å². The molecule has 1 unspecified atom stereocenters. The highest BCUT2D eigenvalue weighted by atomic mass is 127. The summed E-state index contributed by atoms with van der Waals surface area (Å²) >= 11 is 4.23. The van der Waals surface area contributed by atoms with Gasteiger partial charge in [-0.05, 0) is 75.7 Å². The molecular formula is C17H22INS. The average molecular weight is 399 g/mol. The van der Waals surface area contributed by atoms with Crippen molar-refractivity contribution in [2.45, 2.75) is 39.7 Å². The van der Waals surface area contributed by atoms with Gasteiger partial charge in [0.25, 0.3) is 0 Å². The van der Waals surface area contributed by atoms with Gasteiger partial charge in [-0.3, -0.25) is 0 Å². The molecular weight excluding hydrogens is 377 g/mol. The Morgan fingerprint density at radius 2 is 1.95 bits per heavy atom. The maximum absolute atomic E-state index is 3.66. The largest absolute Gasteiger partial charge is 0.306 e. The lowest BCUT2D eigenvalue weighted by Crippen LogP contribution is -2.23. The molecule has 0 aliphatic heterocycles. The van der Waals surface area contributed by atoms with Gasteiger partial charge in [-0.2, -0.15) is 0 Å². The molecule has 3 heteroatoms. The number of halogens is 1. The predicted molar refractivity (Wildman–Crippen MR) is 97.8 cm³/mol. The zero-order valence-corrected chi connectivity index (χ0v) is 15.3. The third-order valence-electron chi connectivity index (χ3n) is 3.64. The van der Waals surface area contributed by atoms with Gasteiger partial charge in [-0.15, -0.1) is 11.3 Å². The molecule has 0 fully saturated rings. The van der Waals surface area contributed by atoms with Crippen molar-refractivity contribution in [3.05, 3.63) is 54.8 Å². The minimum absolute atomic E-state index is 0.321. The molecule has 0 saturated carbocycles. The summed E-state index contributed by atoms with van der Waals surface area (Å²) in [6.07, 6.45) is 2.18. The highest BCUT2D eigenvalue weighted by Gasteiger charge is 2.17. The van der Waals surface area contributed by atoms with Crippen LogP contribution in [0.15, 0.2) is 29.6 Å². The zero-order chi connectivity index (χ0) is 14.5. The van der Waals surface area contributed by atoms with Crippen LogP contribution in [-0.2, 0) is 12.8 Å². The monoisotopic (exact) mass is 399 g/mol. The van der Waals surface area contributed by atoms with Gasteiger partial charge in [0.15, 0.2) is 0 Å². The van der Waals surface area contributed by atoms with E-state index in [-0.39, 0.29) is 0 Å². The van der Waals surface area contributed by atoms with Crippen molar-refractivity contribution in [1.29, 1.82) is 0 Å².